The summed E-state index contributed by atoms with van der Waals surface area (Å²) in [7, 11) is 0. The third-order valence-electron chi connectivity index (χ3n) is 2.13. The van der Waals surface area contributed by atoms with Crippen LogP contribution in [0.15, 0.2) is 36.9 Å². The number of rotatable bonds is 8. The molecule has 0 aliphatic heterocycles. The van der Waals surface area contributed by atoms with Gasteiger partial charge in [0.25, 0.3) is 0 Å². The molecule has 0 unspecified atom stereocenters. The van der Waals surface area contributed by atoms with Crippen molar-refractivity contribution in [2.75, 3.05) is 19.8 Å². The van der Waals surface area contributed by atoms with Crippen LogP contribution in [0.4, 0.5) is 0 Å². The molecule has 0 aromatic heterocycles. The quantitative estimate of drug-likeness (QED) is 0.449. The summed E-state index contributed by atoms with van der Waals surface area (Å²) < 4.78 is 6.67. The van der Waals surface area contributed by atoms with Gasteiger partial charge >= 0.3 is 0 Å². The van der Waals surface area contributed by atoms with E-state index in [0.29, 0.717) is 0 Å². The molecule has 0 fully saturated rings. The Morgan fingerprint density at radius 1 is 1.25 bits per heavy atom. The van der Waals surface area contributed by atoms with Crippen LogP contribution >= 0.6 is 22.6 Å². The van der Waals surface area contributed by atoms with Gasteiger partial charge in [0, 0.05) is 16.7 Å². The second kappa shape index (κ2) is 8.73. The van der Waals surface area contributed by atoms with Gasteiger partial charge in [-0.25, -0.2) is 0 Å². The molecule has 1 aromatic carbocycles. The molecule has 0 aliphatic rings. The number of benzene rings is 1. The lowest BCUT2D eigenvalue weighted by Gasteiger charge is -2.05. The highest BCUT2D eigenvalue weighted by atomic mass is 127. The minimum Gasteiger partial charge on any atom is -0.380 e. The Morgan fingerprint density at radius 3 is 2.69 bits per heavy atom. The first-order chi connectivity index (χ1) is 7.83. The molecule has 0 amide bonds. The van der Waals surface area contributed by atoms with E-state index in [-0.39, 0.29) is 0 Å². The van der Waals surface area contributed by atoms with Crippen LogP contribution in [0.25, 0.3) is 0 Å². The highest BCUT2D eigenvalue weighted by molar-refractivity contribution is 14.1. The van der Waals surface area contributed by atoms with Crippen molar-refractivity contribution in [2.24, 2.45) is 0 Å². The van der Waals surface area contributed by atoms with Gasteiger partial charge in [0.2, 0.25) is 0 Å². The lowest BCUT2D eigenvalue weighted by atomic mass is 10.2. The molecule has 0 atom stereocenters. The number of nitrogens with one attached hydrogen (secondary N) is 1. The van der Waals surface area contributed by atoms with Crippen LogP contribution < -0.4 is 5.32 Å². The predicted molar refractivity (Wildman–Crippen MR) is 76.5 cm³/mol. The molecule has 1 rings (SSSR count). The standard InChI is InChI=1S/C13H18INO/c1-2-3-9-16-10-8-15-11-12-4-6-13(14)7-5-12/h2,4-7,15H,1,3,8-11H2. The van der Waals surface area contributed by atoms with Crippen molar-refractivity contribution in [1.29, 1.82) is 0 Å². The average molecular weight is 331 g/mol. The fourth-order valence-corrected chi connectivity index (χ4v) is 1.61. The highest BCUT2D eigenvalue weighted by Crippen LogP contribution is 2.06. The van der Waals surface area contributed by atoms with E-state index in [4.69, 9.17) is 4.74 Å². The molecule has 16 heavy (non-hydrogen) atoms. The molecule has 1 aromatic rings. The second-order valence-electron chi connectivity index (χ2n) is 3.49. The summed E-state index contributed by atoms with van der Waals surface area (Å²) in [6.45, 7) is 6.98. The van der Waals surface area contributed by atoms with Gasteiger partial charge in [-0.15, -0.1) is 6.58 Å². The van der Waals surface area contributed by atoms with Crippen molar-refractivity contribution in [3.8, 4) is 0 Å². The van der Waals surface area contributed by atoms with Gasteiger partial charge in [0.1, 0.15) is 0 Å². The van der Waals surface area contributed by atoms with E-state index in [1.54, 1.807) is 0 Å². The maximum atomic E-state index is 5.40. The Hall–Kier alpha value is -0.390. The van der Waals surface area contributed by atoms with Crippen LogP contribution in [0.1, 0.15) is 12.0 Å². The summed E-state index contributed by atoms with van der Waals surface area (Å²) in [5.41, 5.74) is 1.31. The molecule has 0 spiro atoms. The highest BCUT2D eigenvalue weighted by Gasteiger charge is 1.92. The SMILES string of the molecule is C=CCCOCCNCc1ccc(I)cc1. The van der Waals surface area contributed by atoms with Crippen LogP contribution in [0.3, 0.4) is 0 Å². The van der Waals surface area contributed by atoms with Gasteiger partial charge in [-0.1, -0.05) is 18.2 Å². The molecule has 88 valence electrons. The molecule has 3 heteroatoms. The monoisotopic (exact) mass is 331 g/mol. The van der Waals surface area contributed by atoms with E-state index in [9.17, 15) is 0 Å². The van der Waals surface area contributed by atoms with Gasteiger partial charge in [-0.3, -0.25) is 0 Å². The molecule has 0 saturated carbocycles. The summed E-state index contributed by atoms with van der Waals surface area (Å²) in [6.07, 6.45) is 2.80. The maximum absolute atomic E-state index is 5.40. The Morgan fingerprint density at radius 2 is 2.00 bits per heavy atom. The molecule has 0 aliphatic carbocycles. The third kappa shape index (κ3) is 6.25. The van der Waals surface area contributed by atoms with E-state index in [1.165, 1.54) is 9.13 Å². The van der Waals surface area contributed by atoms with Crippen LogP contribution in [0, 0.1) is 3.57 Å². The van der Waals surface area contributed by atoms with Crippen LogP contribution in [0.5, 0.6) is 0 Å². The molecule has 0 radical (unpaired) electrons. The third-order valence-corrected chi connectivity index (χ3v) is 2.85. The first-order valence-corrected chi connectivity index (χ1v) is 6.54. The van der Waals surface area contributed by atoms with Crippen molar-refractivity contribution in [2.45, 2.75) is 13.0 Å². The number of hydrogen-bond donors (Lipinski definition) is 1. The average Bonchev–Trinajstić information content (AvgIpc) is 2.30. The fourth-order valence-electron chi connectivity index (χ4n) is 1.25. The van der Waals surface area contributed by atoms with E-state index >= 15 is 0 Å². The molecule has 0 saturated heterocycles. The fraction of sp³-hybridized carbons (Fsp3) is 0.385. The minimum absolute atomic E-state index is 0.762. The molecule has 0 bridgehead atoms. The van der Waals surface area contributed by atoms with E-state index in [0.717, 1.165) is 32.7 Å². The summed E-state index contributed by atoms with van der Waals surface area (Å²) >= 11 is 2.31. The van der Waals surface area contributed by atoms with Crippen molar-refractivity contribution in [1.82, 2.24) is 5.32 Å². The molecular formula is C13H18INO. The summed E-state index contributed by atoms with van der Waals surface area (Å²) in [6, 6.07) is 8.54. The Bertz CT molecular complexity index is 297. The van der Waals surface area contributed by atoms with Crippen molar-refractivity contribution in [3.63, 3.8) is 0 Å². The number of ether oxygens (including phenoxy) is 1. The lowest BCUT2D eigenvalue weighted by molar-refractivity contribution is 0.140. The zero-order valence-corrected chi connectivity index (χ0v) is 11.6. The van der Waals surface area contributed by atoms with Crippen molar-refractivity contribution >= 4 is 22.6 Å². The summed E-state index contributed by atoms with van der Waals surface area (Å²) in [4.78, 5) is 0. The topological polar surface area (TPSA) is 21.3 Å². The molecular weight excluding hydrogens is 313 g/mol. The van der Waals surface area contributed by atoms with Crippen LogP contribution in [-0.4, -0.2) is 19.8 Å². The molecule has 2 nitrogen and oxygen atoms in total. The summed E-state index contributed by atoms with van der Waals surface area (Å²) in [5, 5.41) is 3.34. The molecule has 0 heterocycles. The maximum Gasteiger partial charge on any atom is 0.0591 e. The summed E-state index contributed by atoms with van der Waals surface area (Å²) in [5.74, 6) is 0. The van der Waals surface area contributed by atoms with Gasteiger partial charge < -0.3 is 10.1 Å². The van der Waals surface area contributed by atoms with Crippen molar-refractivity contribution in [3.05, 3.63) is 46.1 Å². The Labute approximate surface area is 111 Å². The van der Waals surface area contributed by atoms with Gasteiger partial charge in [-0.2, -0.15) is 0 Å². The van der Waals surface area contributed by atoms with E-state index in [2.05, 4.69) is 58.8 Å². The largest absolute Gasteiger partial charge is 0.380 e. The first-order valence-electron chi connectivity index (χ1n) is 5.46. The van der Waals surface area contributed by atoms with Gasteiger partial charge in [-0.05, 0) is 46.7 Å². The Kier molecular flexibility index (Phi) is 7.46. The Balaban J connectivity index is 2.02. The lowest BCUT2D eigenvalue weighted by Crippen LogP contribution is -2.19. The first kappa shape index (κ1) is 13.7. The number of halogens is 1. The predicted octanol–water partition coefficient (Wildman–Crippen LogP) is 2.97. The number of hydrogen-bond acceptors (Lipinski definition) is 2. The van der Waals surface area contributed by atoms with Crippen molar-refractivity contribution < 1.29 is 4.74 Å². The zero-order chi connectivity index (χ0) is 11.6. The van der Waals surface area contributed by atoms with Gasteiger partial charge in [0.15, 0.2) is 0 Å². The van der Waals surface area contributed by atoms with Crippen LogP contribution in [-0.2, 0) is 11.3 Å². The van der Waals surface area contributed by atoms with E-state index < -0.39 is 0 Å². The van der Waals surface area contributed by atoms with E-state index in [1.807, 2.05) is 6.08 Å². The zero-order valence-electron chi connectivity index (χ0n) is 9.42. The smallest absolute Gasteiger partial charge is 0.0591 e. The van der Waals surface area contributed by atoms with Crippen LogP contribution in [0.2, 0.25) is 0 Å². The molecule has 1 N–H and O–H groups in total. The second-order valence-corrected chi connectivity index (χ2v) is 4.74. The minimum atomic E-state index is 0.762. The van der Waals surface area contributed by atoms with Gasteiger partial charge in [0.05, 0.1) is 13.2 Å². The normalized spacial score (nSPS) is 10.3.